The maximum Gasteiger partial charge on any atom is 0.403 e. The Morgan fingerprint density at radius 2 is 1.15 bits per heavy atom. The number of carbonyl (C=O) groups is 4. The van der Waals surface area contributed by atoms with Crippen LogP contribution in [0, 0.1) is 46.8 Å². The molecule has 0 aromatic rings. The third-order valence-electron chi connectivity index (χ3n) is 10.7. The van der Waals surface area contributed by atoms with Crippen molar-refractivity contribution in [2.75, 3.05) is 7.05 Å². The van der Waals surface area contributed by atoms with Crippen LogP contribution in [0.4, 0.5) is 26.3 Å². The van der Waals surface area contributed by atoms with Crippen molar-refractivity contribution in [2.24, 2.45) is 46.8 Å². The molecule has 5 rings (SSSR count). The first-order chi connectivity index (χ1) is 18.6. The fourth-order valence-corrected chi connectivity index (χ4v) is 8.81. The van der Waals surface area contributed by atoms with E-state index in [1.165, 1.54) is 7.05 Å². The zero-order valence-electron chi connectivity index (χ0n) is 22.3. The molecular weight excluding hydrogens is 542 g/mol. The zero-order valence-corrected chi connectivity index (χ0v) is 22.3. The number of allylic oxidation sites excluding steroid dienone is 1. The second kappa shape index (κ2) is 9.86. The van der Waals surface area contributed by atoms with Crippen molar-refractivity contribution in [1.82, 2.24) is 9.80 Å². The number of alkyl halides is 6. The van der Waals surface area contributed by atoms with Crippen molar-refractivity contribution in [3.63, 3.8) is 0 Å². The molecule has 3 saturated carbocycles. The van der Waals surface area contributed by atoms with E-state index in [1.54, 1.807) is 6.08 Å². The standard InChI is InChI=1S/C28H34F6N2O4/c1-3-14-5-4-6-17(11-14)36-24(39)19-10-8-16(13-21(19)25(36)40)26(27(29,30)31,28(32,33)34)15-7-9-18-20(12-15)23(38)35(2)22(18)37/h3,14-21H,1,4-13H2,2H3. The summed E-state index contributed by atoms with van der Waals surface area (Å²) in [7, 11) is 1.19. The first-order valence-electron chi connectivity index (χ1n) is 14.1. The molecule has 0 N–H and O–H groups in total. The molecule has 5 aliphatic rings. The van der Waals surface area contributed by atoms with E-state index in [1.807, 2.05) is 0 Å². The Labute approximate surface area is 228 Å². The van der Waals surface area contributed by atoms with Gasteiger partial charge in [0.2, 0.25) is 23.6 Å². The van der Waals surface area contributed by atoms with E-state index in [2.05, 4.69) is 6.58 Å². The van der Waals surface area contributed by atoms with Gasteiger partial charge in [0.1, 0.15) is 0 Å². The Morgan fingerprint density at radius 1 is 0.675 bits per heavy atom. The van der Waals surface area contributed by atoms with Crippen molar-refractivity contribution >= 4 is 23.6 Å². The van der Waals surface area contributed by atoms with E-state index >= 15 is 0 Å². The molecule has 3 aliphatic carbocycles. The highest BCUT2D eigenvalue weighted by Crippen LogP contribution is 2.67. The molecule has 0 spiro atoms. The van der Waals surface area contributed by atoms with E-state index < -0.39 is 109 Å². The number of fused-ring (bicyclic) bond motifs is 2. The predicted octanol–water partition coefficient (Wildman–Crippen LogP) is 5.27. The van der Waals surface area contributed by atoms with Crippen LogP contribution < -0.4 is 0 Å². The molecule has 2 heterocycles. The summed E-state index contributed by atoms with van der Waals surface area (Å²) in [5, 5.41) is 0. The van der Waals surface area contributed by atoms with E-state index in [-0.39, 0.29) is 18.8 Å². The van der Waals surface area contributed by atoms with Crippen LogP contribution in [0.25, 0.3) is 0 Å². The van der Waals surface area contributed by atoms with Crippen LogP contribution in [0.5, 0.6) is 0 Å². The van der Waals surface area contributed by atoms with Gasteiger partial charge in [-0.15, -0.1) is 6.58 Å². The minimum atomic E-state index is -5.72. The van der Waals surface area contributed by atoms with Gasteiger partial charge in [-0.1, -0.05) is 12.5 Å². The second-order valence-electron chi connectivity index (χ2n) is 12.4. The van der Waals surface area contributed by atoms with E-state index in [4.69, 9.17) is 0 Å². The van der Waals surface area contributed by atoms with Gasteiger partial charge >= 0.3 is 12.4 Å². The molecule has 8 unspecified atom stereocenters. The summed E-state index contributed by atoms with van der Waals surface area (Å²) < 4.78 is 89.7. The van der Waals surface area contributed by atoms with E-state index in [0.29, 0.717) is 12.8 Å². The van der Waals surface area contributed by atoms with Gasteiger partial charge in [0, 0.05) is 13.1 Å². The lowest BCUT2D eigenvalue weighted by atomic mass is 9.54. The summed E-state index contributed by atoms with van der Waals surface area (Å²) >= 11 is 0. The van der Waals surface area contributed by atoms with E-state index in [0.717, 1.165) is 22.6 Å². The van der Waals surface area contributed by atoms with Crippen LogP contribution in [0.3, 0.4) is 0 Å². The van der Waals surface area contributed by atoms with Gasteiger partial charge in [0.15, 0.2) is 5.41 Å². The molecule has 222 valence electrons. The number of hydrogen-bond donors (Lipinski definition) is 0. The number of halogens is 6. The monoisotopic (exact) mass is 576 g/mol. The van der Waals surface area contributed by atoms with Crippen LogP contribution in [0.2, 0.25) is 0 Å². The summed E-state index contributed by atoms with van der Waals surface area (Å²) in [5.74, 6) is -10.7. The largest absolute Gasteiger partial charge is 0.403 e. The third kappa shape index (κ3) is 4.13. The van der Waals surface area contributed by atoms with Crippen LogP contribution in [0.1, 0.15) is 64.2 Å². The van der Waals surface area contributed by atoms with Crippen LogP contribution in [-0.4, -0.2) is 58.9 Å². The number of rotatable bonds is 4. The molecule has 0 radical (unpaired) electrons. The Bertz CT molecular complexity index is 1090. The molecule has 40 heavy (non-hydrogen) atoms. The van der Waals surface area contributed by atoms with Crippen molar-refractivity contribution < 1.29 is 45.5 Å². The van der Waals surface area contributed by atoms with Crippen molar-refractivity contribution in [3.8, 4) is 0 Å². The quantitative estimate of drug-likeness (QED) is 0.260. The Hall–Kier alpha value is -2.40. The average Bonchev–Trinajstić information content (AvgIpc) is 3.26. The lowest BCUT2D eigenvalue weighted by Gasteiger charge is -2.52. The van der Waals surface area contributed by atoms with Gasteiger partial charge in [-0.05, 0) is 75.5 Å². The summed E-state index contributed by atoms with van der Waals surface area (Å²) in [6.07, 6.45) is -9.96. The highest BCUT2D eigenvalue weighted by Gasteiger charge is 2.78. The highest BCUT2D eigenvalue weighted by atomic mass is 19.4. The number of carbonyl (C=O) groups excluding carboxylic acids is 4. The zero-order chi connectivity index (χ0) is 29.4. The fourth-order valence-electron chi connectivity index (χ4n) is 8.81. The van der Waals surface area contributed by atoms with E-state index in [9.17, 15) is 45.5 Å². The molecule has 0 bridgehead atoms. The summed E-state index contributed by atoms with van der Waals surface area (Å²) in [4.78, 5) is 53.7. The minimum absolute atomic E-state index is 0.0807. The van der Waals surface area contributed by atoms with Crippen molar-refractivity contribution in [3.05, 3.63) is 12.7 Å². The molecule has 8 atom stereocenters. The average molecular weight is 577 g/mol. The lowest BCUT2D eigenvalue weighted by Crippen LogP contribution is -2.61. The Kier molecular flexibility index (Phi) is 7.17. The number of imide groups is 2. The SMILES string of the molecule is C=CC1CCCC(N2C(=O)C3CCC(C(C4CCC5C(=O)N(C)C(=O)C5C4)(C(F)(F)F)C(F)(F)F)CC3C2=O)C1. The van der Waals surface area contributed by atoms with Crippen molar-refractivity contribution in [1.29, 1.82) is 0 Å². The van der Waals surface area contributed by atoms with Crippen LogP contribution in [-0.2, 0) is 19.2 Å². The van der Waals surface area contributed by atoms with Gasteiger partial charge in [-0.25, -0.2) is 0 Å². The number of nitrogens with zero attached hydrogens (tertiary/aromatic N) is 2. The summed E-state index contributed by atoms with van der Waals surface area (Å²) in [6, 6.07) is -0.436. The first kappa shape index (κ1) is 29.1. The van der Waals surface area contributed by atoms with Gasteiger partial charge < -0.3 is 0 Å². The number of hydrogen-bond acceptors (Lipinski definition) is 4. The predicted molar refractivity (Wildman–Crippen MR) is 129 cm³/mol. The Morgan fingerprint density at radius 3 is 1.68 bits per heavy atom. The molecule has 2 aliphatic heterocycles. The lowest BCUT2D eigenvalue weighted by molar-refractivity contribution is -0.383. The maximum absolute atomic E-state index is 14.9. The number of amides is 4. The van der Waals surface area contributed by atoms with Crippen LogP contribution >= 0.6 is 0 Å². The molecule has 0 aromatic heterocycles. The first-order valence-corrected chi connectivity index (χ1v) is 14.1. The molecule has 4 amide bonds. The maximum atomic E-state index is 14.9. The summed E-state index contributed by atoms with van der Waals surface area (Å²) in [5.41, 5.74) is -4.16. The molecule has 0 aromatic carbocycles. The molecule has 6 nitrogen and oxygen atoms in total. The topological polar surface area (TPSA) is 74.8 Å². The van der Waals surface area contributed by atoms with Crippen molar-refractivity contribution in [2.45, 2.75) is 82.6 Å². The Balaban J connectivity index is 1.47. The van der Waals surface area contributed by atoms with Gasteiger partial charge in [-0.2, -0.15) is 26.3 Å². The van der Waals surface area contributed by atoms with Gasteiger partial charge in [0.25, 0.3) is 0 Å². The second-order valence-corrected chi connectivity index (χ2v) is 12.4. The number of likely N-dealkylation sites (tertiary alicyclic amines) is 2. The highest BCUT2D eigenvalue weighted by molar-refractivity contribution is 6.06. The third-order valence-corrected chi connectivity index (χ3v) is 10.7. The molecule has 12 heteroatoms. The van der Waals surface area contributed by atoms with Gasteiger partial charge in [0.05, 0.1) is 23.7 Å². The fraction of sp³-hybridized carbons (Fsp3) is 0.786. The van der Waals surface area contributed by atoms with Crippen LogP contribution in [0.15, 0.2) is 12.7 Å². The minimum Gasteiger partial charge on any atom is -0.285 e. The normalized spacial score (nSPS) is 37.6. The molecule has 2 saturated heterocycles. The molecule has 5 fully saturated rings. The molecular formula is C28H34F6N2O4. The van der Waals surface area contributed by atoms with Gasteiger partial charge in [-0.3, -0.25) is 29.0 Å². The summed E-state index contributed by atoms with van der Waals surface area (Å²) in [6.45, 7) is 3.77. The smallest absolute Gasteiger partial charge is 0.285 e.